The van der Waals surface area contributed by atoms with Gasteiger partial charge in [-0.1, -0.05) is 43.3 Å². The number of thioether (sulfide) groups is 1. The molecule has 0 bridgehead atoms. The lowest BCUT2D eigenvalue weighted by molar-refractivity contribution is 0.543. The van der Waals surface area contributed by atoms with E-state index in [4.69, 9.17) is 11.6 Å². The molecule has 2 nitrogen and oxygen atoms in total. The molecule has 0 unspecified atom stereocenters. The van der Waals surface area contributed by atoms with Gasteiger partial charge in [0.1, 0.15) is 0 Å². The van der Waals surface area contributed by atoms with Gasteiger partial charge in [0.15, 0.2) is 5.17 Å². The van der Waals surface area contributed by atoms with Crippen molar-refractivity contribution in [1.82, 2.24) is 0 Å². The quantitative estimate of drug-likeness (QED) is 0.866. The number of benzene rings is 1. The van der Waals surface area contributed by atoms with Gasteiger partial charge in [-0.15, -0.1) is 0 Å². The van der Waals surface area contributed by atoms with Crippen molar-refractivity contribution in [3.63, 3.8) is 0 Å². The number of halogens is 1. The summed E-state index contributed by atoms with van der Waals surface area (Å²) in [5, 5.41) is 5.04. The second-order valence-electron chi connectivity index (χ2n) is 4.19. The zero-order chi connectivity index (χ0) is 11.5. The van der Waals surface area contributed by atoms with Gasteiger partial charge >= 0.3 is 0 Å². The Labute approximate surface area is 105 Å². The Kier molecular flexibility index (Phi) is 3.77. The third kappa shape index (κ3) is 2.92. The summed E-state index contributed by atoms with van der Waals surface area (Å²) in [5.74, 6) is 1.67. The van der Waals surface area contributed by atoms with Crippen molar-refractivity contribution < 1.29 is 0 Å². The largest absolute Gasteiger partial charge is 0.335 e. The first-order valence-electron chi connectivity index (χ1n) is 5.38. The number of rotatable bonds is 2. The van der Waals surface area contributed by atoms with Crippen molar-refractivity contribution in [2.24, 2.45) is 10.9 Å². The molecule has 1 aromatic carbocycles. The van der Waals surface area contributed by atoms with Crippen LogP contribution in [-0.4, -0.2) is 17.0 Å². The normalized spacial score (nSPS) is 20.0. The molecule has 1 heterocycles. The first-order valence-corrected chi connectivity index (χ1v) is 6.74. The monoisotopic (exact) mass is 254 g/mol. The maximum atomic E-state index is 5.92. The average Bonchev–Trinajstić information content (AvgIpc) is 2.66. The lowest BCUT2D eigenvalue weighted by Crippen LogP contribution is -2.12. The predicted molar refractivity (Wildman–Crippen MR) is 73.6 cm³/mol. The van der Waals surface area contributed by atoms with Gasteiger partial charge in [0, 0.05) is 16.5 Å². The lowest BCUT2D eigenvalue weighted by Gasteiger charge is -2.08. The molecule has 0 radical (unpaired) electrons. The Morgan fingerprint density at radius 2 is 2.31 bits per heavy atom. The molecule has 0 spiro atoms. The molecule has 1 aliphatic heterocycles. The summed E-state index contributed by atoms with van der Waals surface area (Å²) < 4.78 is 0. The first kappa shape index (κ1) is 11.8. The van der Waals surface area contributed by atoms with Gasteiger partial charge in [0.25, 0.3) is 0 Å². The predicted octanol–water partition coefficient (Wildman–Crippen LogP) is 3.88. The van der Waals surface area contributed by atoms with E-state index in [1.54, 1.807) is 11.8 Å². The molecule has 1 aliphatic rings. The van der Waals surface area contributed by atoms with Gasteiger partial charge in [-0.2, -0.15) is 0 Å². The zero-order valence-corrected chi connectivity index (χ0v) is 11.0. The Hall–Kier alpha value is -0.670. The van der Waals surface area contributed by atoms with Gasteiger partial charge in [0.05, 0.1) is 6.04 Å². The van der Waals surface area contributed by atoms with E-state index in [0.717, 1.165) is 21.6 Å². The molecular formula is C12H15ClN2S. The minimum atomic E-state index is 0.437. The van der Waals surface area contributed by atoms with Gasteiger partial charge in [0.2, 0.25) is 0 Å². The molecule has 0 aromatic heterocycles. The molecule has 0 aliphatic carbocycles. The van der Waals surface area contributed by atoms with Gasteiger partial charge in [-0.25, -0.2) is 0 Å². The molecule has 16 heavy (non-hydrogen) atoms. The molecule has 0 saturated carbocycles. The number of anilines is 1. The van der Waals surface area contributed by atoms with Crippen LogP contribution in [0.2, 0.25) is 5.02 Å². The molecule has 0 amide bonds. The fourth-order valence-corrected chi connectivity index (χ4v) is 2.87. The minimum absolute atomic E-state index is 0.437. The van der Waals surface area contributed by atoms with Crippen LogP contribution in [-0.2, 0) is 0 Å². The number of amidine groups is 1. The maximum Gasteiger partial charge on any atom is 0.161 e. The van der Waals surface area contributed by atoms with Gasteiger partial charge < -0.3 is 5.32 Å². The molecule has 2 rings (SSSR count). The third-order valence-electron chi connectivity index (χ3n) is 2.52. The van der Waals surface area contributed by atoms with Crippen LogP contribution in [0.15, 0.2) is 29.3 Å². The van der Waals surface area contributed by atoms with Crippen molar-refractivity contribution in [1.29, 1.82) is 0 Å². The molecule has 1 aromatic rings. The van der Waals surface area contributed by atoms with E-state index in [-0.39, 0.29) is 0 Å². The Balaban J connectivity index is 2.03. The summed E-state index contributed by atoms with van der Waals surface area (Å²) >= 11 is 7.70. The van der Waals surface area contributed by atoms with Crippen LogP contribution < -0.4 is 5.32 Å². The van der Waals surface area contributed by atoms with Crippen LogP contribution >= 0.6 is 23.4 Å². The Morgan fingerprint density at radius 1 is 1.50 bits per heavy atom. The minimum Gasteiger partial charge on any atom is -0.335 e. The summed E-state index contributed by atoms with van der Waals surface area (Å²) in [6, 6.07) is 8.15. The van der Waals surface area contributed by atoms with Crippen molar-refractivity contribution in [3.05, 3.63) is 29.3 Å². The molecular weight excluding hydrogens is 240 g/mol. The third-order valence-corrected chi connectivity index (χ3v) is 3.74. The zero-order valence-electron chi connectivity index (χ0n) is 9.40. The second-order valence-corrected chi connectivity index (χ2v) is 5.64. The maximum absolute atomic E-state index is 5.92. The highest BCUT2D eigenvalue weighted by atomic mass is 35.5. The lowest BCUT2D eigenvalue weighted by atomic mass is 10.1. The van der Waals surface area contributed by atoms with Crippen LogP contribution in [0.1, 0.15) is 13.8 Å². The highest BCUT2D eigenvalue weighted by molar-refractivity contribution is 8.14. The molecule has 1 atom stereocenters. The number of nitrogens with zero attached hydrogens (tertiary/aromatic N) is 1. The van der Waals surface area contributed by atoms with Crippen LogP contribution in [0.25, 0.3) is 0 Å². The van der Waals surface area contributed by atoms with E-state index >= 15 is 0 Å². The number of nitrogens with one attached hydrogen (secondary N) is 1. The summed E-state index contributed by atoms with van der Waals surface area (Å²) in [5.41, 5.74) is 1.00. The van der Waals surface area contributed by atoms with E-state index in [1.165, 1.54) is 0 Å². The molecule has 0 saturated heterocycles. The molecule has 86 valence electrons. The van der Waals surface area contributed by atoms with E-state index < -0.39 is 0 Å². The van der Waals surface area contributed by atoms with Crippen molar-refractivity contribution in [2.45, 2.75) is 19.9 Å². The van der Waals surface area contributed by atoms with Crippen molar-refractivity contribution in [2.75, 3.05) is 11.1 Å². The molecule has 0 fully saturated rings. The van der Waals surface area contributed by atoms with E-state index in [0.29, 0.717) is 12.0 Å². The highest BCUT2D eigenvalue weighted by Crippen LogP contribution is 2.25. The van der Waals surface area contributed by atoms with Crippen LogP contribution in [0.4, 0.5) is 5.69 Å². The summed E-state index contributed by atoms with van der Waals surface area (Å²) in [7, 11) is 0. The fourth-order valence-electron chi connectivity index (χ4n) is 1.49. The van der Waals surface area contributed by atoms with E-state index in [2.05, 4.69) is 24.2 Å². The SMILES string of the molecule is CC(C)[C@H]1CSC(Nc2cccc(Cl)c2)=N1. The highest BCUT2D eigenvalue weighted by Gasteiger charge is 2.20. The average molecular weight is 255 g/mol. The summed E-state index contributed by atoms with van der Waals surface area (Å²) in [4.78, 5) is 4.64. The number of hydrogen-bond donors (Lipinski definition) is 1. The van der Waals surface area contributed by atoms with Gasteiger partial charge in [-0.3, -0.25) is 4.99 Å². The van der Waals surface area contributed by atoms with Crippen LogP contribution in [0.5, 0.6) is 0 Å². The van der Waals surface area contributed by atoms with E-state index in [9.17, 15) is 0 Å². The van der Waals surface area contributed by atoms with E-state index in [1.807, 2.05) is 24.3 Å². The van der Waals surface area contributed by atoms with Crippen molar-refractivity contribution in [3.8, 4) is 0 Å². The van der Waals surface area contributed by atoms with Crippen molar-refractivity contribution >= 4 is 34.2 Å². The fraction of sp³-hybridized carbons (Fsp3) is 0.417. The summed E-state index contributed by atoms with van der Waals surface area (Å²) in [6.45, 7) is 4.41. The smallest absolute Gasteiger partial charge is 0.161 e. The van der Waals surface area contributed by atoms with Gasteiger partial charge in [-0.05, 0) is 24.1 Å². The number of hydrogen-bond acceptors (Lipinski definition) is 3. The standard InChI is InChI=1S/C12H15ClN2S/c1-8(2)11-7-16-12(15-11)14-10-5-3-4-9(13)6-10/h3-6,8,11H,7H2,1-2H3,(H,14,15)/t11-/m1/s1. The summed E-state index contributed by atoms with van der Waals surface area (Å²) in [6.07, 6.45) is 0. The first-order chi connectivity index (χ1) is 7.65. The molecule has 1 N–H and O–H groups in total. The topological polar surface area (TPSA) is 24.4 Å². The Bertz CT molecular complexity index is 404. The Morgan fingerprint density at radius 3 is 2.94 bits per heavy atom. The van der Waals surface area contributed by atoms with Crippen LogP contribution in [0, 0.1) is 5.92 Å². The molecule has 4 heteroatoms. The number of aliphatic imine (C=N–C) groups is 1. The second kappa shape index (κ2) is 5.11. The van der Waals surface area contributed by atoms with Crippen LogP contribution in [0.3, 0.4) is 0 Å².